The Balaban J connectivity index is -0.000000500. The third-order valence-corrected chi connectivity index (χ3v) is 1.16. The van der Waals surface area contributed by atoms with Crippen LogP contribution in [0.1, 0.15) is 22.2 Å². The maximum absolute atomic E-state index is 10.7. The zero-order valence-electron chi connectivity index (χ0n) is 8.49. The van der Waals surface area contributed by atoms with E-state index < -0.39 is 21.8 Å². The second-order valence-electron chi connectivity index (χ2n) is 3.05. The molecule has 0 aromatic rings. The van der Waals surface area contributed by atoms with Gasteiger partial charge in [0, 0.05) is 0 Å². The number of hydrogen-bond donors (Lipinski definition) is 1. The molecule has 5 nitrogen and oxygen atoms in total. The van der Waals surface area contributed by atoms with Gasteiger partial charge in [-0.25, -0.2) is 0 Å². The molecule has 0 bridgehead atoms. The van der Waals surface area contributed by atoms with Crippen LogP contribution in [0.2, 0.25) is 0 Å². The Kier molecular flexibility index (Phi) is 5.67. The van der Waals surface area contributed by atoms with Gasteiger partial charge in [0.2, 0.25) is 0 Å². The fourth-order valence-electron chi connectivity index (χ4n) is 0.221. The summed E-state index contributed by atoms with van der Waals surface area (Å²) < 4.78 is 31.8. The summed E-state index contributed by atoms with van der Waals surface area (Å²) in [6.07, 6.45) is 0. The summed E-state index contributed by atoms with van der Waals surface area (Å²) in [7, 11) is -4.66. The molecule has 0 spiro atoms. The van der Waals surface area contributed by atoms with Crippen LogP contribution in [0.3, 0.4) is 0 Å². The Morgan fingerprint density at radius 3 is 1.83 bits per heavy atom. The Bertz CT molecular complexity index is 255. The molecular weight excluding hydrogens is 195 g/mol. The second kappa shape index (κ2) is 4.57. The SMILES string of the molecule is CC(C)(C)C(=O)OS(=O)(=O)O.[H-].[Na+]. The fourth-order valence-corrected chi connectivity index (χ4v) is 0.662. The second-order valence-corrected chi connectivity index (χ2v) is 4.07. The fraction of sp³-hybridized carbons (Fsp3) is 0.800. The van der Waals surface area contributed by atoms with Crippen molar-refractivity contribution in [3.63, 3.8) is 0 Å². The van der Waals surface area contributed by atoms with Crippen molar-refractivity contribution in [1.82, 2.24) is 0 Å². The van der Waals surface area contributed by atoms with Gasteiger partial charge in [0.25, 0.3) is 0 Å². The Labute approximate surface area is 95.2 Å². The molecule has 7 heteroatoms. The minimum Gasteiger partial charge on any atom is -1.00 e. The van der Waals surface area contributed by atoms with Crippen LogP contribution in [0, 0.1) is 5.41 Å². The quantitative estimate of drug-likeness (QED) is 0.379. The number of carbonyl (C=O) groups is 1. The van der Waals surface area contributed by atoms with Gasteiger partial charge in [-0.15, -0.1) is 0 Å². The third kappa shape index (κ3) is 7.05. The first-order valence-corrected chi connectivity index (χ1v) is 4.21. The topological polar surface area (TPSA) is 80.7 Å². The third-order valence-electron chi connectivity index (χ3n) is 0.793. The Hall–Kier alpha value is 0.380. The molecule has 0 fully saturated rings. The summed E-state index contributed by atoms with van der Waals surface area (Å²) >= 11 is 0. The van der Waals surface area contributed by atoms with Crippen LogP contribution in [-0.4, -0.2) is 18.9 Å². The molecular formula is C5H11NaO5S. The van der Waals surface area contributed by atoms with Crippen LogP contribution in [0.25, 0.3) is 0 Å². The first-order chi connectivity index (χ1) is 4.63. The van der Waals surface area contributed by atoms with Crippen LogP contribution in [-0.2, 0) is 19.4 Å². The summed E-state index contributed by atoms with van der Waals surface area (Å²) in [5.41, 5.74) is -0.935. The zero-order chi connectivity index (χ0) is 9.28. The van der Waals surface area contributed by atoms with E-state index in [4.69, 9.17) is 4.55 Å². The van der Waals surface area contributed by atoms with Crippen molar-refractivity contribution >= 4 is 16.4 Å². The summed E-state index contributed by atoms with van der Waals surface area (Å²) in [6, 6.07) is 0. The van der Waals surface area contributed by atoms with Crippen LogP contribution in [0.5, 0.6) is 0 Å². The van der Waals surface area contributed by atoms with E-state index in [0.717, 1.165) is 0 Å². The molecule has 0 aliphatic rings. The predicted octanol–water partition coefficient (Wildman–Crippen LogP) is -2.50. The normalized spacial score (nSPS) is 11.7. The average Bonchev–Trinajstić information content (AvgIpc) is 1.56. The van der Waals surface area contributed by atoms with Gasteiger partial charge in [-0.3, -0.25) is 9.35 Å². The molecule has 0 saturated heterocycles. The van der Waals surface area contributed by atoms with Crippen molar-refractivity contribution in [2.45, 2.75) is 20.8 Å². The molecule has 0 aromatic carbocycles. The van der Waals surface area contributed by atoms with Gasteiger partial charge in [-0.2, -0.15) is 8.42 Å². The molecule has 0 saturated carbocycles. The van der Waals surface area contributed by atoms with E-state index in [1.54, 1.807) is 0 Å². The molecule has 68 valence electrons. The molecule has 0 aliphatic heterocycles. The van der Waals surface area contributed by atoms with Gasteiger partial charge in [-0.05, 0) is 20.8 Å². The van der Waals surface area contributed by atoms with E-state index in [1.165, 1.54) is 20.8 Å². The van der Waals surface area contributed by atoms with E-state index in [9.17, 15) is 13.2 Å². The predicted molar refractivity (Wildman–Crippen MR) is 38.2 cm³/mol. The van der Waals surface area contributed by atoms with Gasteiger partial charge in [0.05, 0.1) is 5.41 Å². The van der Waals surface area contributed by atoms with E-state index in [2.05, 4.69) is 4.18 Å². The average molecular weight is 206 g/mol. The van der Waals surface area contributed by atoms with Crippen molar-refractivity contribution in [2.24, 2.45) is 5.41 Å². The largest absolute Gasteiger partial charge is 1.00 e. The zero-order valence-corrected chi connectivity index (χ0v) is 10.3. The van der Waals surface area contributed by atoms with E-state index in [1.807, 2.05) is 0 Å². The molecule has 0 heterocycles. The Morgan fingerprint density at radius 2 is 1.75 bits per heavy atom. The van der Waals surface area contributed by atoms with Crippen molar-refractivity contribution in [3.8, 4) is 0 Å². The number of carbonyl (C=O) groups excluding carboxylic acids is 1. The summed E-state index contributed by atoms with van der Waals surface area (Å²) in [6.45, 7) is 4.42. The van der Waals surface area contributed by atoms with Crippen molar-refractivity contribution in [3.05, 3.63) is 0 Å². The first kappa shape index (κ1) is 14.9. The summed E-state index contributed by atoms with van der Waals surface area (Å²) in [5.74, 6) is -0.986. The first-order valence-electron chi connectivity index (χ1n) is 2.84. The molecule has 0 rings (SSSR count). The van der Waals surface area contributed by atoms with Gasteiger partial charge in [-0.1, -0.05) is 0 Å². The smallest absolute Gasteiger partial charge is 1.00 e. The molecule has 1 N–H and O–H groups in total. The van der Waals surface area contributed by atoms with Crippen LogP contribution < -0.4 is 29.6 Å². The van der Waals surface area contributed by atoms with E-state index in [0.29, 0.717) is 0 Å². The maximum atomic E-state index is 10.7. The molecule has 0 radical (unpaired) electrons. The molecule has 0 aliphatic carbocycles. The van der Waals surface area contributed by atoms with E-state index in [-0.39, 0.29) is 31.0 Å². The Morgan fingerprint density at radius 1 is 1.42 bits per heavy atom. The molecule has 0 aromatic heterocycles. The van der Waals surface area contributed by atoms with Gasteiger partial charge >= 0.3 is 45.9 Å². The van der Waals surface area contributed by atoms with Crippen molar-refractivity contribution in [2.75, 3.05) is 0 Å². The molecule has 12 heavy (non-hydrogen) atoms. The maximum Gasteiger partial charge on any atom is 1.00 e. The summed E-state index contributed by atoms with van der Waals surface area (Å²) in [4.78, 5) is 10.7. The van der Waals surface area contributed by atoms with Crippen LogP contribution in [0.4, 0.5) is 0 Å². The number of rotatable bonds is 1. The van der Waals surface area contributed by atoms with Crippen molar-refractivity contribution in [1.29, 1.82) is 0 Å². The molecule has 0 unspecified atom stereocenters. The molecule has 0 atom stereocenters. The van der Waals surface area contributed by atoms with Crippen molar-refractivity contribution < 1.29 is 52.9 Å². The van der Waals surface area contributed by atoms with Crippen LogP contribution in [0.15, 0.2) is 0 Å². The molecule has 0 amide bonds. The monoisotopic (exact) mass is 206 g/mol. The summed E-state index contributed by atoms with van der Waals surface area (Å²) in [5, 5.41) is 0. The standard InChI is InChI=1S/C5H10O5S.Na.H/c1-5(2,3)4(6)10-11(7,8)9;;/h1-3H3,(H,7,8,9);;/q;+1;-1. The number of hydrogen-bond acceptors (Lipinski definition) is 4. The minimum atomic E-state index is -4.66. The van der Waals surface area contributed by atoms with Crippen LogP contribution >= 0.6 is 0 Å². The van der Waals surface area contributed by atoms with Gasteiger partial charge < -0.3 is 5.61 Å². The van der Waals surface area contributed by atoms with E-state index >= 15 is 0 Å². The minimum absolute atomic E-state index is 0. The van der Waals surface area contributed by atoms with Gasteiger partial charge in [0.15, 0.2) is 0 Å². The van der Waals surface area contributed by atoms with Gasteiger partial charge in [0.1, 0.15) is 0 Å².